The predicted octanol–water partition coefficient (Wildman–Crippen LogP) is 4.70. The third kappa shape index (κ3) is 4.18. The van der Waals surface area contributed by atoms with Gasteiger partial charge in [-0.1, -0.05) is 30.3 Å². The molecular weight excluding hydrogens is 352 g/mol. The van der Waals surface area contributed by atoms with Crippen molar-refractivity contribution in [1.82, 2.24) is 10.6 Å². The van der Waals surface area contributed by atoms with E-state index in [0.29, 0.717) is 12.1 Å². The SMILES string of the molecule is CSc1cc(CN[C@H]2CCCN[C@H]2c2ccccc2)c2c(c1)CC(C)(C)O2. The second kappa shape index (κ2) is 7.86. The highest BCUT2D eigenvalue weighted by Gasteiger charge is 2.33. The van der Waals surface area contributed by atoms with Gasteiger partial charge in [-0.2, -0.15) is 0 Å². The summed E-state index contributed by atoms with van der Waals surface area (Å²) in [6, 6.07) is 16.2. The second-order valence-corrected chi connectivity index (χ2v) is 9.17. The molecule has 0 saturated carbocycles. The van der Waals surface area contributed by atoms with Gasteiger partial charge < -0.3 is 15.4 Å². The topological polar surface area (TPSA) is 33.3 Å². The van der Waals surface area contributed by atoms with Crippen LogP contribution in [0.5, 0.6) is 5.75 Å². The number of rotatable bonds is 5. The van der Waals surface area contributed by atoms with E-state index in [2.05, 4.69) is 73.2 Å². The molecular formula is C23H30N2OS. The van der Waals surface area contributed by atoms with E-state index in [4.69, 9.17) is 4.74 Å². The van der Waals surface area contributed by atoms with E-state index in [1.807, 2.05) is 11.8 Å². The number of piperidine rings is 1. The lowest BCUT2D eigenvalue weighted by molar-refractivity contribution is 0.137. The van der Waals surface area contributed by atoms with E-state index >= 15 is 0 Å². The van der Waals surface area contributed by atoms with Crippen LogP contribution in [0.3, 0.4) is 0 Å². The smallest absolute Gasteiger partial charge is 0.128 e. The fourth-order valence-corrected chi connectivity index (χ4v) is 4.89. The van der Waals surface area contributed by atoms with E-state index < -0.39 is 0 Å². The Morgan fingerprint density at radius 2 is 2.04 bits per heavy atom. The summed E-state index contributed by atoms with van der Waals surface area (Å²) in [6.45, 7) is 6.30. The maximum atomic E-state index is 6.31. The fourth-order valence-electron chi connectivity index (χ4n) is 4.36. The van der Waals surface area contributed by atoms with Crippen LogP contribution in [0.15, 0.2) is 47.4 Å². The Morgan fingerprint density at radius 1 is 1.22 bits per heavy atom. The van der Waals surface area contributed by atoms with Gasteiger partial charge in [0, 0.05) is 35.5 Å². The highest BCUT2D eigenvalue weighted by atomic mass is 32.2. The van der Waals surface area contributed by atoms with E-state index in [0.717, 1.165) is 25.3 Å². The first-order valence-electron chi connectivity index (χ1n) is 9.96. The number of hydrogen-bond acceptors (Lipinski definition) is 4. The van der Waals surface area contributed by atoms with E-state index in [9.17, 15) is 0 Å². The summed E-state index contributed by atoms with van der Waals surface area (Å²) < 4.78 is 6.31. The molecule has 2 heterocycles. The zero-order valence-electron chi connectivity index (χ0n) is 16.5. The van der Waals surface area contributed by atoms with Crippen LogP contribution < -0.4 is 15.4 Å². The molecule has 0 spiro atoms. The molecule has 2 aromatic rings. The summed E-state index contributed by atoms with van der Waals surface area (Å²) in [5, 5.41) is 7.55. The van der Waals surface area contributed by atoms with Crippen molar-refractivity contribution in [3.8, 4) is 5.75 Å². The van der Waals surface area contributed by atoms with Crippen molar-refractivity contribution < 1.29 is 4.74 Å². The lowest BCUT2D eigenvalue weighted by Crippen LogP contribution is -2.45. The molecule has 2 N–H and O–H groups in total. The van der Waals surface area contributed by atoms with Gasteiger partial charge in [-0.05, 0) is 62.7 Å². The van der Waals surface area contributed by atoms with Crippen molar-refractivity contribution in [2.24, 2.45) is 0 Å². The van der Waals surface area contributed by atoms with Gasteiger partial charge >= 0.3 is 0 Å². The van der Waals surface area contributed by atoms with Crippen LogP contribution in [-0.2, 0) is 13.0 Å². The third-order valence-electron chi connectivity index (χ3n) is 5.62. The van der Waals surface area contributed by atoms with Gasteiger partial charge in [0.2, 0.25) is 0 Å². The van der Waals surface area contributed by atoms with Gasteiger partial charge in [0.05, 0.1) is 0 Å². The van der Waals surface area contributed by atoms with Crippen molar-refractivity contribution in [3.05, 3.63) is 59.2 Å². The number of nitrogens with one attached hydrogen (secondary N) is 2. The quantitative estimate of drug-likeness (QED) is 0.734. The Balaban J connectivity index is 1.54. The molecule has 3 nitrogen and oxygen atoms in total. The minimum absolute atomic E-state index is 0.104. The number of thioether (sulfide) groups is 1. The molecule has 2 aromatic carbocycles. The van der Waals surface area contributed by atoms with E-state index in [-0.39, 0.29) is 5.60 Å². The third-order valence-corrected chi connectivity index (χ3v) is 6.33. The van der Waals surface area contributed by atoms with Crippen molar-refractivity contribution in [3.63, 3.8) is 0 Å². The van der Waals surface area contributed by atoms with Gasteiger partial charge in [-0.25, -0.2) is 0 Å². The van der Waals surface area contributed by atoms with Crippen molar-refractivity contribution in [2.45, 2.75) is 62.2 Å². The number of fused-ring (bicyclic) bond motifs is 1. The molecule has 0 bridgehead atoms. The summed E-state index contributed by atoms with van der Waals surface area (Å²) >= 11 is 1.81. The van der Waals surface area contributed by atoms with Crippen LogP contribution in [0.2, 0.25) is 0 Å². The summed E-state index contributed by atoms with van der Waals surface area (Å²) in [5.41, 5.74) is 3.91. The Hall–Kier alpha value is -1.49. The van der Waals surface area contributed by atoms with Crippen LogP contribution in [-0.4, -0.2) is 24.4 Å². The summed E-state index contributed by atoms with van der Waals surface area (Å²) in [4.78, 5) is 1.33. The van der Waals surface area contributed by atoms with Gasteiger partial charge in [-0.15, -0.1) is 11.8 Å². The lowest BCUT2D eigenvalue weighted by Gasteiger charge is -2.34. The number of hydrogen-bond donors (Lipinski definition) is 2. The molecule has 2 aliphatic rings. The molecule has 27 heavy (non-hydrogen) atoms. The molecule has 2 aliphatic heterocycles. The van der Waals surface area contributed by atoms with Gasteiger partial charge in [0.25, 0.3) is 0 Å². The Kier molecular flexibility index (Phi) is 5.49. The Bertz CT molecular complexity index is 790. The zero-order valence-corrected chi connectivity index (χ0v) is 17.4. The maximum absolute atomic E-state index is 6.31. The standard InChI is InChI=1S/C23H30N2OS/c1-23(2)14-17-12-19(27-3)13-18(22(17)26-23)15-25-20-10-7-11-24-21(20)16-8-5-4-6-9-16/h4-6,8-9,12-13,20-21,24-25H,7,10-11,14-15H2,1-3H3/t20-,21-/m0/s1. The highest BCUT2D eigenvalue weighted by Crippen LogP contribution is 2.40. The molecule has 2 atom stereocenters. The Labute approximate surface area is 167 Å². The molecule has 0 radical (unpaired) electrons. The first-order chi connectivity index (χ1) is 13.1. The average Bonchev–Trinajstić information content (AvgIpc) is 3.00. The van der Waals surface area contributed by atoms with Crippen LogP contribution in [0.1, 0.15) is 49.4 Å². The fraction of sp³-hybridized carbons (Fsp3) is 0.478. The average molecular weight is 383 g/mol. The molecule has 0 unspecified atom stereocenters. The normalized spacial score (nSPS) is 23.7. The van der Waals surface area contributed by atoms with Crippen LogP contribution >= 0.6 is 11.8 Å². The molecule has 0 amide bonds. The van der Waals surface area contributed by atoms with Gasteiger partial charge in [0.15, 0.2) is 0 Å². The lowest BCUT2D eigenvalue weighted by atomic mass is 9.92. The maximum Gasteiger partial charge on any atom is 0.128 e. The highest BCUT2D eigenvalue weighted by molar-refractivity contribution is 7.98. The number of ether oxygens (including phenoxy) is 1. The molecule has 144 valence electrons. The Morgan fingerprint density at radius 3 is 2.81 bits per heavy atom. The minimum Gasteiger partial charge on any atom is -0.487 e. The summed E-state index contributed by atoms with van der Waals surface area (Å²) in [5.74, 6) is 1.10. The van der Waals surface area contributed by atoms with Gasteiger partial charge in [0.1, 0.15) is 11.4 Å². The zero-order chi connectivity index (χ0) is 18.9. The van der Waals surface area contributed by atoms with Crippen LogP contribution in [0, 0.1) is 0 Å². The predicted molar refractivity (Wildman–Crippen MR) is 114 cm³/mol. The molecule has 4 rings (SSSR count). The van der Waals surface area contributed by atoms with Crippen LogP contribution in [0.4, 0.5) is 0 Å². The summed E-state index contributed by atoms with van der Waals surface area (Å²) in [7, 11) is 0. The van der Waals surface area contributed by atoms with Crippen LogP contribution in [0.25, 0.3) is 0 Å². The van der Waals surface area contributed by atoms with Crippen molar-refractivity contribution in [2.75, 3.05) is 12.8 Å². The molecule has 1 saturated heterocycles. The monoisotopic (exact) mass is 382 g/mol. The first-order valence-corrected chi connectivity index (χ1v) is 11.2. The molecule has 4 heteroatoms. The van der Waals surface area contributed by atoms with Gasteiger partial charge in [-0.3, -0.25) is 0 Å². The molecule has 1 fully saturated rings. The second-order valence-electron chi connectivity index (χ2n) is 8.29. The minimum atomic E-state index is -0.104. The first kappa shape index (κ1) is 18.9. The summed E-state index contributed by atoms with van der Waals surface area (Å²) in [6.07, 6.45) is 5.55. The van der Waals surface area contributed by atoms with Crippen molar-refractivity contribution in [1.29, 1.82) is 0 Å². The number of benzene rings is 2. The van der Waals surface area contributed by atoms with E-state index in [1.54, 1.807) is 0 Å². The largest absolute Gasteiger partial charge is 0.487 e. The van der Waals surface area contributed by atoms with Crippen molar-refractivity contribution >= 4 is 11.8 Å². The van der Waals surface area contributed by atoms with E-state index in [1.165, 1.54) is 34.4 Å². The molecule has 0 aromatic heterocycles. The molecule has 0 aliphatic carbocycles.